The normalized spacial score (nSPS) is 9.53. The van der Waals surface area contributed by atoms with Crippen LogP contribution in [0.15, 0.2) is 37.4 Å². The molecular formula is C11H18Br2N4. The monoisotopic (exact) mass is 364 g/mol. The van der Waals surface area contributed by atoms with Crippen LogP contribution in [0.3, 0.4) is 0 Å². The smallest absolute Gasteiger partial charge is 0.243 e. The van der Waals surface area contributed by atoms with Crippen LogP contribution in [0.4, 0.5) is 0 Å². The van der Waals surface area contributed by atoms with E-state index in [1.165, 1.54) is 0 Å². The third kappa shape index (κ3) is 5.04. The summed E-state index contributed by atoms with van der Waals surface area (Å²) in [6, 6.07) is 0. The van der Waals surface area contributed by atoms with E-state index < -0.39 is 0 Å². The van der Waals surface area contributed by atoms with E-state index in [9.17, 15) is 0 Å². The number of aryl methyl sites for hydroxylation is 4. The van der Waals surface area contributed by atoms with Crippen molar-refractivity contribution >= 4 is 0 Å². The SMILES string of the molecule is Cn1cc[n+](CCC[n+]2ccn(C)c2)c1.[Br-].[Br-]. The molecule has 0 saturated heterocycles. The molecule has 2 rings (SSSR count). The molecule has 0 saturated carbocycles. The minimum Gasteiger partial charge on any atom is -1.00 e. The van der Waals surface area contributed by atoms with Crippen LogP contribution in [0.2, 0.25) is 0 Å². The zero-order valence-corrected chi connectivity index (χ0v) is 13.3. The van der Waals surface area contributed by atoms with E-state index in [1.54, 1.807) is 0 Å². The van der Waals surface area contributed by atoms with E-state index in [0.29, 0.717) is 0 Å². The highest BCUT2D eigenvalue weighted by Crippen LogP contribution is 1.84. The van der Waals surface area contributed by atoms with E-state index in [0.717, 1.165) is 19.5 Å². The van der Waals surface area contributed by atoms with Gasteiger partial charge in [-0.2, -0.15) is 0 Å². The molecule has 96 valence electrons. The molecule has 0 bridgehead atoms. The van der Waals surface area contributed by atoms with Gasteiger partial charge in [0.1, 0.15) is 24.8 Å². The van der Waals surface area contributed by atoms with Gasteiger partial charge in [-0.3, -0.25) is 0 Å². The lowest BCUT2D eigenvalue weighted by molar-refractivity contribution is -0.726. The molecule has 4 nitrogen and oxygen atoms in total. The fourth-order valence-electron chi connectivity index (χ4n) is 1.70. The van der Waals surface area contributed by atoms with Gasteiger partial charge < -0.3 is 34.0 Å². The summed E-state index contributed by atoms with van der Waals surface area (Å²) < 4.78 is 8.55. The zero-order chi connectivity index (χ0) is 10.7. The van der Waals surface area contributed by atoms with Gasteiger partial charge in [-0.05, 0) is 0 Å². The van der Waals surface area contributed by atoms with Crippen LogP contribution in [0.25, 0.3) is 0 Å². The molecule has 0 aromatic carbocycles. The first-order valence-corrected chi connectivity index (χ1v) is 5.26. The van der Waals surface area contributed by atoms with Gasteiger partial charge in [0.05, 0.1) is 27.2 Å². The molecule has 2 aromatic rings. The van der Waals surface area contributed by atoms with Crippen molar-refractivity contribution < 1.29 is 43.1 Å². The number of rotatable bonds is 4. The minimum absolute atomic E-state index is 0. The highest BCUT2D eigenvalue weighted by molar-refractivity contribution is 4.62. The molecule has 0 amide bonds. The molecule has 0 N–H and O–H groups in total. The quantitative estimate of drug-likeness (QED) is 0.480. The van der Waals surface area contributed by atoms with Crippen LogP contribution < -0.4 is 43.1 Å². The lowest BCUT2D eigenvalue weighted by Crippen LogP contribution is -3.00. The largest absolute Gasteiger partial charge is 1.00 e. The van der Waals surface area contributed by atoms with Crippen LogP contribution in [0.5, 0.6) is 0 Å². The maximum atomic E-state index is 2.21. The summed E-state index contributed by atoms with van der Waals surface area (Å²) >= 11 is 0. The van der Waals surface area contributed by atoms with E-state index in [1.807, 2.05) is 14.1 Å². The third-order valence-electron chi connectivity index (χ3n) is 2.48. The van der Waals surface area contributed by atoms with E-state index in [2.05, 4.69) is 55.7 Å². The van der Waals surface area contributed by atoms with Crippen molar-refractivity contribution in [2.45, 2.75) is 19.5 Å². The van der Waals surface area contributed by atoms with Crippen LogP contribution in [0, 0.1) is 0 Å². The Bertz CT molecular complexity index is 396. The Hall–Kier alpha value is -0.620. The fraction of sp³-hybridized carbons (Fsp3) is 0.455. The predicted octanol–water partition coefficient (Wildman–Crippen LogP) is -5.96. The minimum atomic E-state index is 0. The predicted molar refractivity (Wildman–Crippen MR) is 55.8 cm³/mol. The van der Waals surface area contributed by atoms with Gasteiger partial charge >= 0.3 is 0 Å². The van der Waals surface area contributed by atoms with Gasteiger partial charge in [0.15, 0.2) is 0 Å². The number of aromatic nitrogens is 4. The van der Waals surface area contributed by atoms with E-state index in [-0.39, 0.29) is 34.0 Å². The fourth-order valence-corrected chi connectivity index (χ4v) is 1.70. The highest BCUT2D eigenvalue weighted by Gasteiger charge is 2.02. The number of hydrogen-bond acceptors (Lipinski definition) is 0. The summed E-state index contributed by atoms with van der Waals surface area (Å²) in [4.78, 5) is 0. The van der Waals surface area contributed by atoms with Gasteiger partial charge in [0.2, 0.25) is 12.7 Å². The molecular weight excluding hydrogens is 348 g/mol. The maximum Gasteiger partial charge on any atom is 0.243 e. The number of imidazole rings is 2. The lowest BCUT2D eigenvalue weighted by atomic mass is 10.4. The number of hydrogen-bond donors (Lipinski definition) is 0. The van der Waals surface area contributed by atoms with Crippen LogP contribution in [-0.2, 0) is 27.2 Å². The summed E-state index contributed by atoms with van der Waals surface area (Å²) in [7, 11) is 4.09. The van der Waals surface area contributed by atoms with Crippen molar-refractivity contribution in [3.05, 3.63) is 37.4 Å². The Morgan fingerprint density at radius 2 is 1.24 bits per heavy atom. The Labute approximate surface area is 123 Å². The highest BCUT2D eigenvalue weighted by atomic mass is 79.9. The molecule has 17 heavy (non-hydrogen) atoms. The van der Waals surface area contributed by atoms with Gasteiger partial charge in [-0.1, -0.05) is 0 Å². The van der Waals surface area contributed by atoms with Crippen molar-refractivity contribution in [1.29, 1.82) is 0 Å². The molecule has 0 unspecified atom stereocenters. The second-order valence-electron chi connectivity index (χ2n) is 3.99. The molecule has 0 aliphatic rings. The van der Waals surface area contributed by atoms with Crippen molar-refractivity contribution in [2.24, 2.45) is 14.1 Å². The first kappa shape index (κ1) is 16.4. The first-order chi connectivity index (χ1) is 7.24. The summed E-state index contributed by atoms with van der Waals surface area (Å²) in [5, 5.41) is 0. The molecule has 0 fully saturated rings. The topological polar surface area (TPSA) is 17.6 Å². The molecule has 0 spiro atoms. The van der Waals surface area contributed by atoms with Crippen molar-refractivity contribution in [3.63, 3.8) is 0 Å². The molecule has 2 aromatic heterocycles. The maximum absolute atomic E-state index is 2.21. The first-order valence-electron chi connectivity index (χ1n) is 5.26. The van der Waals surface area contributed by atoms with Gasteiger partial charge in [0.25, 0.3) is 0 Å². The number of halogens is 2. The summed E-state index contributed by atoms with van der Waals surface area (Å²) in [5.41, 5.74) is 0. The summed E-state index contributed by atoms with van der Waals surface area (Å²) in [6.45, 7) is 2.14. The van der Waals surface area contributed by atoms with Crippen molar-refractivity contribution in [1.82, 2.24) is 9.13 Å². The summed E-state index contributed by atoms with van der Waals surface area (Å²) in [5.74, 6) is 0. The molecule has 0 aliphatic heterocycles. The second-order valence-corrected chi connectivity index (χ2v) is 3.99. The average molecular weight is 366 g/mol. The van der Waals surface area contributed by atoms with Crippen LogP contribution in [0.1, 0.15) is 6.42 Å². The van der Waals surface area contributed by atoms with Gasteiger partial charge in [-0.25, -0.2) is 18.3 Å². The molecule has 2 heterocycles. The standard InChI is InChI=1S/C11H18N4.2BrH/c1-12-6-8-14(10-12)4-3-5-15-9-7-13(2)11-15;;/h6-11H,3-5H2,1-2H3;2*1H/q+2;;/p-2. The summed E-state index contributed by atoms with van der Waals surface area (Å²) in [6.07, 6.45) is 13.7. The number of nitrogens with zero attached hydrogens (tertiary/aromatic N) is 4. The van der Waals surface area contributed by atoms with Gasteiger partial charge in [0, 0.05) is 6.42 Å². The molecule has 0 atom stereocenters. The molecule has 6 heteroatoms. The van der Waals surface area contributed by atoms with E-state index in [4.69, 9.17) is 0 Å². The van der Waals surface area contributed by atoms with Crippen LogP contribution >= 0.6 is 0 Å². The Morgan fingerprint density at radius 1 is 0.824 bits per heavy atom. The van der Waals surface area contributed by atoms with Gasteiger partial charge in [-0.15, -0.1) is 0 Å². The van der Waals surface area contributed by atoms with E-state index >= 15 is 0 Å². The average Bonchev–Trinajstić information content (AvgIpc) is 2.76. The zero-order valence-electron chi connectivity index (χ0n) is 10.1. The van der Waals surface area contributed by atoms with Crippen LogP contribution in [-0.4, -0.2) is 9.13 Å². The lowest BCUT2D eigenvalue weighted by Gasteiger charge is -1.94. The third-order valence-corrected chi connectivity index (χ3v) is 2.48. The Kier molecular flexibility index (Phi) is 7.38. The Morgan fingerprint density at radius 3 is 1.53 bits per heavy atom. The molecule has 0 aliphatic carbocycles. The van der Waals surface area contributed by atoms with Crippen molar-refractivity contribution in [3.8, 4) is 0 Å². The molecule has 0 radical (unpaired) electrons. The second kappa shape index (κ2) is 7.66. The Balaban J connectivity index is 0.00000128. The van der Waals surface area contributed by atoms with Crippen molar-refractivity contribution in [2.75, 3.05) is 0 Å².